The van der Waals surface area contributed by atoms with E-state index in [1.807, 2.05) is 18.2 Å². The molecule has 0 aromatic heterocycles. The largest absolute Gasteiger partial charge is 0.462 e. The zero-order valence-corrected chi connectivity index (χ0v) is 9.89. The van der Waals surface area contributed by atoms with Crippen LogP contribution in [0.2, 0.25) is 0 Å². The third-order valence-electron chi connectivity index (χ3n) is 3.31. The first kappa shape index (κ1) is 12.1. The van der Waals surface area contributed by atoms with Gasteiger partial charge in [0.25, 0.3) is 0 Å². The van der Waals surface area contributed by atoms with Crippen molar-refractivity contribution in [1.29, 1.82) is 0 Å². The van der Waals surface area contributed by atoms with Crippen LogP contribution in [0.4, 0.5) is 0 Å². The summed E-state index contributed by atoms with van der Waals surface area (Å²) in [6.07, 6.45) is 4.35. The molecule has 0 spiro atoms. The van der Waals surface area contributed by atoms with Gasteiger partial charge in [-0.25, -0.2) is 4.79 Å². The third-order valence-corrected chi connectivity index (χ3v) is 3.31. The van der Waals surface area contributed by atoms with Crippen LogP contribution in [0.15, 0.2) is 30.3 Å². The number of benzene rings is 1. The van der Waals surface area contributed by atoms with Crippen LogP contribution in [-0.2, 0) is 4.74 Å². The molecule has 0 unspecified atom stereocenters. The van der Waals surface area contributed by atoms with Crippen LogP contribution < -0.4 is 0 Å². The molecule has 0 saturated heterocycles. The molecule has 0 heterocycles. The van der Waals surface area contributed by atoms with E-state index in [0.29, 0.717) is 12.2 Å². The van der Waals surface area contributed by atoms with Crippen molar-refractivity contribution in [3.8, 4) is 0 Å². The molecule has 3 heteroatoms. The van der Waals surface area contributed by atoms with E-state index < -0.39 is 5.60 Å². The van der Waals surface area contributed by atoms with Crippen molar-refractivity contribution >= 4 is 5.97 Å². The summed E-state index contributed by atoms with van der Waals surface area (Å²) in [6, 6.07) is 8.97. The first-order valence-electron chi connectivity index (χ1n) is 6.14. The summed E-state index contributed by atoms with van der Waals surface area (Å²) in [5.41, 5.74) is 0.106. The van der Waals surface area contributed by atoms with Crippen molar-refractivity contribution < 1.29 is 14.6 Å². The van der Waals surface area contributed by atoms with Crippen LogP contribution >= 0.6 is 0 Å². The molecule has 0 bridgehead atoms. The predicted octanol–water partition coefficient (Wildman–Crippen LogP) is 2.54. The van der Waals surface area contributed by atoms with E-state index in [2.05, 4.69) is 0 Å². The summed E-state index contributed by atoms with van der Waals surface area (Å²) in [4.78, 5) is 11.6. The van der Waals surface area contributed by atoms with E-state index in [9.17, 15) is 9.90 Å². The van der Waals surface area contributed by atoms with E-state index in [4.69, 9.17) is 4.74 Å². The predicted molar refractivity (Wildman–Crippen MR) is 64.8 cm³/mol. The van der Waals surface area contributed by atoms with Crippen molar-refractivity contribution in [2.45, 2.75) is 37.7 Å². The van der Waals surface area contributed by atoms with E-state index in [1.54, 1.807) is 12.1 Å². The second kappa shape index (κ2) is 5.32. The lowest BCUT2D eigenvalue weighted by molar-refractivity contribution is -0.0452. The Hall–Kier alpha value is -1.35. The normalized spacial score (nSPS) is 17.2. The molecule has 3 nitrogen and oxygen atoms in total. The molecule has 1 aliphatic carbocycles. The minimum atomic E-state index is -0.473. The van der Waals surface area contributed by atoms with Gasteiger partial charge in [0.05, 0.1) is 17.8 Å². The molecule has 0 aliphatic heterocycles. The van der Waals surface area contributed by atoms with Gasteiger partial charge in [-0.3, -0.25) is 0 Å². The Kier molecular flexibility index (Phi) is 3.79. The number of rotatable bonds is 5. The van der Waals surface area contributed by atoms with Crippen LogP contribution in [0.25, 0.3) is 0 Å². The van der Waals surface area contributed by atoms with Gasteiger partial charge in [0, 0.05) is 0 Å². The molecular formula is C14H18O3. The number of carbonyl (C=O) groups is 1. The lowest BCUT2D eigenvalue weighted by Crippen LogP contribution is -2.36. The lowest BCUT2D eigenvalue weighted by atomic mass is 9.77. The highest BCUT2D eigenvalue weighted by Gasteiger charge is 2.33. The molecular weight excluding hydrogens is 216 g/mol. The zero-order valence-electron chi connectivity index (χ0n) is 9.89. The van der Waals surface area contributed by atoms with Crippen LogP contribution in [0.3, 0.4) is 0 Å². The third kappa shape index (κ3) is 3.30. The molecule has 92 valence electrons. The number of hydrogen-bond acceptors (Lipinski definition) is 3. The van der Waals surface area contributed by atoms with Crippen LogP contribution in [0, 0.1) is 0 Å². The molecule has 0 amide bonds. The van der Waals surface area contributed by atoms with E-state index in [0.717, 1.165) is 32.1 Å². The highest BCUT2D eigenvalue weighted by atomic mass is 16.5. The number of ether oxygens (including phenoxy) is 1. The standard InChI is InChI=1S/C14H18O3/c15-13(12-6-2-1-3-7-12)17-11-5-10-14(16)8-4-9-14/h1-3,6-7,16H,4-5,8-11H2. The molecule has 17 heavy (non-hydrogen) atoms. The Morgan fingerprint density at radius 2 is 2.00 bits per heavy atom. The van der Waals surface area contributed by atoms with Crippen molar-refractivity contribution in [1.82, 2.24) is 0 Å². The van der Waals surface area contributed by atoms with Gasteiger partial charge in [0.15, 0.2) is 0 Å². The summed E-state index contributed by atoms with van der Waals surface area (Å²) < 4.78 is 5.14. The Balaban J connectivity index is 1.67. The Morgan fingerprint density at radius 1 is 1.29 bits per heavy atom. The molecule has 1 N–H and O–H groups in total. The van der Waals surface area contributed by atoms with Crippen LogP contribution in [0.5, 0.6) is 0 Å². The van der Waals surface area contributed by atoms with Crippen LogP contribution in [-0.4, -0.2) is 23.3 Å². The molecule has 1 saturated carbocycles. The number of esters is 1. The molecule has 1 aliphatic rings. The fraction of sp³-hybridized carbons (Fsp3) is 0.500. The van der Waals surface area contributed by atoms with E-state index >= 15 is 0 Å². The van der Waals surface area contributed by atoms with Crippen LogP contribution in [0.1, 0.15) is 42.5 Å². The fourth-order valence-corrected chi connectivity index (χ4v) is 2.06. The first-order chi connectivity index (χ1) is 8.20. The highest BCUT2D eigenvalue weighted by molar-refractivity contribution is 5.89. The average molecular weight is 234 g/mol. The number of hydrogen-bond donors (Lipinski definition) is 1. The van der Waals surface area contributed by atoms with Crippen molar-refractivity contribution in [2.75, 3.05) is 6.61 Å². The summed E-state index contributed by atoms with van der Waals surface area (Å²) in [5, 5.41) is 9.85. The monoisotopic (exact) mass is 234 g/mol. The maximum atomic E-state index is 11.6. The van der Waals surface area contributed by atoms with Gasteiger partial charge in [-0.05, 0) is 44.2 Å². The zero-order chi connectivity index (χ0) is 12.1. The quantitative estimate of drug-likeness (QED) is 0.629. The topological polar surface area (TPSA) is 46.5 Å². The molecule has 1 aromatic carbocycles. The summed E-state index contributed by atoms with van der Waals surface area (Å²) in [5.74, 6) is -0.286. The summed E-state index contributed by atoms with van der Waals surface area (Å²) >= 11 is 0. The molecule has 0 radical (unpaired) electrons. The van der Waals surface area contributed by atoms with Crippen molar-refractivity contribution in [2.24, 2.45) is 0 Å². The van der Waals surface area contributed by atoms with Gasteiger partial charge in [-0.15, -0.1) is 0 Å². The van der Waals surface area contributed by atoms with Crippen molar-refractivity contribution in [3.63, 3.8) is 0 Å². The minimum Gasteiger partial charge on any atom is -0.462 e. The smallest absolute Gasteiger partial charge is 0.338 e. The number of aliphatic hydroxyl groups is 1. The van der Waals surface area contributed by atoms with E-state index in [1.165, 1.54) is 0 Å². The summed E-state index contributed by atoms with van der Waals surface area (Å²) in [6.45, 7) is 0.385. The fourth-order valence-electron chi connectivity index (χ4n) is 2.06. The highest BCUT2D eigenvalue weighted by Crippen LogP contribution is 2.35. The average Bonchev–Trinajstić information content (AvgIpc) is 2.33. The maximum absolute atomic E-state index is 11.6. The van der Waals surface area contributed by atoms with Gasteiger partial charge >= 0.3 is 5.97 Å². The van der Waals surface area contributed by atoms with Gasteiger partial charge in [0.1, 0.15) is 0 Å². The Morgan fingerprint density at radius 3 is 2.59 bits per heavy atom. The van der Waals surface area contributed by atoms with Gasteiger partial charge < -0.3 is 9.84 Å². The number of carbonyl (C=O) groups excluding carboxylic acids is 1. The molecule has 2 rings (SSSR count). The maximum Gasteiger partial charge on any atom is 0.338 e. The second-order valence-electron chi connectivity index (χ2n) is 4.68. The molecule has 1 fully saturated rings. The second-order valence-corrected chi connectivity index (χ2v) is 4.68. The SMILES string of the molecule is O=C(OCCCC1(O)CCC1)c1ccccc1. The first-order valence-corrected chi connectivity index (χ1v) is 6.14. The molecule has 0 atom stereocenters. The minimum absolute atomic E-state index is 0.286. The van der Waals surface area contributed by atoms with Gasteiger partial charge in [-0.2, -0.15) is 0 Å². The van der Waals surface area contributed by atoms with Gasteiger partial charge in [0.2, 0.25) is 0 Å². The van der Waals surface area contributed by atoms with E-state index in [-0.39, 0.29) is 5.97 Å². The Labute approximate surface area is 101 Å². The van der Waals surface area contributed by atoms with Crippen molar-refractivity contribution in [3.05, 3.63) is 35.9 Å². The molecule has 1 aromatic rings. The Bertz CT molecular complexity index is 368. The van der Waals surface area contributed by atoms with Gasteiger partial charge in [-0.1, -0.05) is 18.2 Å². The lowest BCUT2D eigenvalue weighted by Gasteiger charge is -2.36. The summed E-state index contributed by atoms with van der Waals surface area (Å²) in [7, 11) is 0.